The Bertz CT molecular complexity index is 1300. The van der Waals surface area contributed by atoms with E-state index in [1.165, 1.54) is 27.8 Å². The minimum atomic E-state index is -0.653. The van der Waals surface area contributed by atoms with Crippen molar-refractivity contribution in [2.45, 2.75) is 39.8 Å². The number of amides is 2. The summed E-state index contributed by atoms with van der Waals surface area (Å²) in [4.78, 5) is 26.0. The Morgan fingerprint density at radius 2 is 1.85 bits per heavy atom. The number of para-hydroxylation sites is 1. The maximum absolute atomic E-state index is 12.7. The van der Waals surface area contributed by atoms with Crippen molar-refractivity contribution in [1.29, 1.82) is 0 Å². The first-order valence-electron chi connectivity index (χ1n) is 11.1. The molecule has 0 aliphatic carbocycles. The van der Waals surface area contributed by atoms with Crippen molar-refractivity contribution in [3.8, 4) is 0 Å². The summed E-state index contributed by atoms with van der Waals surface area (Å²) in [5.41, 5.74) is 5.86. The second-order valence-corrected chi connectivity index (χ2v) is 9.35. The van der Waals surface area contributed by atoms with Crippen molar-refractivity contribution in [1.82, 2.24) is 15.3 Å². The van der Waals surface area contributed by atoms with Crippen molar-refractivity contribution in [2.75, 3.05) is 0 Å². The number of aryl methyl sites for hydroxylation is 1. The Morgan fingerprint density at radius 1 is 1.06 bits per heavy atom. The molecule has 170 valence electrons. The van der Waals surface area contributed by atoms with Gasteiger partial charge in [0.25, 0.3) is 5.91 Å². The molecule has 0 radical (unpaired) electrons. The van der Waals surface area contributed by atoms with Gasteiger partial charge in [0.15, 0.2) is 0 Å². The molecular weight excluding hydrogens is 432 g/mol. The predicted molar refractivity (Wildman–Crippen MR) is 136 cm³/mol. The smallest absolute Gasteiger partial charge is 0.262 e. The highest BCUT2D eigenvalue weighted by Crippen LogP contribution is 2.29. The molecule has 33 heavy (non-hydrogen) atoms. The van der Waals surface area contributed by atoms with Crippen LogP contribution in [-0.4, -0.2) is 28.6 Å². The molecule has 6 nitrogen and oxygen atoms in total. The molecule has 4 rings (SSSR count). The number of hydrogen-bond acceptors (Lipinski definition) is 4. The van der Waals surface area contributed by atoms with Crippen molar-refractivity contribution in [3.05, 3.63) is 70.4 Å². The molecule has 0 saturated carbocycles. The predicted octanol–water partition coefficient (Wildman–Crippen LogP) is 4.71. The van der Waals surface area contributed by atoms with Gasteiger partial charge < -0.3 is 9.88 Å². The Kier molecular flexibility index (Phi) is 6.89. The maximum atomic E-state index is 12.7. The van der Waals surface area contributed by atoms with Crippen molar-refractivity contribution in [3.63, 3.8) is 0 Å². The highest BCUT2D eigenvalue weighted by Gasteiger charge is 2.24. The van der Waals surface area contributed by atoms with Crippen LogP contribution in [0.15, 0.2) is 65.1 Å². The lowest BCUT2D eigenvalue weighted by atomic mass is 10.0. The van der Waals surface area contributed by atoms with E-state index in [9.17, 15) is 9.59 Å². The molecule has 2 N–H and O–H groups in total. The molecule has 0 saturated heterocycles. The van der Waals surface area contributed by atoms with Gasteiger partial charge in [0, 0.05) is 33.2 Å². The summed E-state index contributed by atoms with van der Waals surface area (Å²) >= 11 is 1.52. The van der Waals surface area contributed by atoms with Crippen molar-refractivity contribution in [2.24, 2.45) is 11.0 Å². The molecule has 0 unspecified atom stereocenters. The number of nitrogens with zero attached hydrogens (tertiary/aromatic N) is 2. The summed E-state index contributed by atoms with van der Waals surface area (Å²) < 4.78 is 2.29. The summed E-state index contributed by atoms with van der Waals surface area (Å²) in [6, 6.07) is 17.7. The van der Waals surface area contributed by atoms with E-state index in [1.807, 2.05) is 43.5 Å². The highest BCUT2D eigenvalue weighted by atomic mass is 32.1. The second kappa shape index (κ2) is 10.0. The van der Waals surface area contributed by atoms with E-state index in [-0.39, 0.29) is 24.2 Å². The summed E-state index contributed by atoms with van der Waals surface area (Å²) in [5, 5.41) is 11.3. The monoisotopic (exact) mass is 460 g/mol. The molecule has 2 aromatic heterocycles. The van der Waals surface area contributed by atoms with Crippen molar-refractivity contribution < 1.29 is 9.59 Å². The standard InChI is InChI=1S/C26H28N4O2S/c1-4-30-22-10-6-5-9-20(22)21-14-18(11-12-23(21)30)16-27-29-26(32)25(17(2)3)28-24(31)15-19-8-7-13-33-19/h5-14,16-17,25H,4,15H2,1-3H3,(H,28,31)(H,29,32)/t25-/m0/s1. The fourth-order valence-corrected chi connectivity index (χ4v) is 4.77. The molecule has 1 atom stereocenters. The molecule has 2 amide bonds. The van der Waals surface area contributed by atoms with Gasteiger partial charge in [-0.15, -0.1) is 11.3 Å². The first kappa shape index (κ1) is 22.7. The Morgan fingerprint density at radius 3 is 2.58 bits per heavy atom. The lowest BCUT2D eigenvalue weighted by molar-refractivity contribution is -0.129. The topological polar surface area (TPSA) is 75.5 Å². The van der Waals surface area contributed by atoms with Crippen LogP contribution in [0.2, 0.25) is 0 Å². The Hall–Kier alpha value is -3.45. The van der Waals surface area contributed by atoms with E-state index in [4.69, 9.17) is 0 Å². The Balaban J connectivity index is 1.46. The third-order valence-electron chi connectivity index (χ3n) is 5.68. The number of hydrazone groups is 1. The molecule has 0 bridgehead atoms. The number of hydrogen-bond donors (Lipinski definition) is 2. The van der Waals surface area contributed by atoms with Gasteiger partial charge in [0.2, 0.25) is 5.91 Å². The first-order chi connectivity index (χ1) is 16.0. The van der Waals surface area contributed by atoms with Gasteiger partial charge in [0.05, 0.1) is 12.6 Å². The number of thiophene rings is 1. The molecule has 7 heteroatoms. The molecule has 0 spiro atoms. The quantitative estimate of drug-likeness (QED) is 0.295. The number of nitrogens with one attached hydrogen (secondary N) is 2. The molecule has 0 aliphatic rings. The van der Waals surface area contributed by atoms with E-state index in [2.05, 4.69) is 57.7 Å². The van der Waals surface area contributed by atoms with Gasteiger partial charge in [-0.1, -0.05) is 44.2 Å². The fourth-order valence-electron chi connectivity index (χ4n) is 4.06. The van der Waals surface area contributed by atoms with E-state index in [0.29, 0.717) is 0 Å². The molecular formula is C26H28N4O2S. The largest absolute Gasteiger partial charge is 0.344 e. The van der Waals surface area contributed by atoms with Crippen LogP contribution in [0.5, 0.6) is 0 Å². The van der Waals surface area contributed by atoms with Crippen LogP contribution in [0.3, 0.4) is 0 Å². The van der Waals surface area contributed by atoms with Crippen molar-refractivity contribution >= 4 is 51.2 Å². The molecule has 2 aromatic carbocycles. The molecule has 0 fully saturated rings. The van der Waals surface area contributed by atoms with E-state index < -0.39 is 6.04 Å². The van der Waals surface area contributed by atoms with E-state index >= 15 is 0 Å². The number of carbonyl (C=O) groups excluding carboxylic acids is 2. The first-order valence-corrected chi connectivity index (χ1v) is 12.0. The van der Waals surface area contributed by atoms with Gasteiger partial charge in [-0.3, -0.25) is 9.59 Å². The maximum Gasteiger partial charge on any atom is 0.262 e. The number of rotatable bonds is 8. The van der Waals surface area contributed by atoms with Gasteiger partial charge in [0.1, 0.15) is 6.04 Å². The van der Waals surface area contributed by atoms with Gasteiger partial charge in [-0.05, 0) is 48.1 Å². The highest BCUT2D eigenvalue weighted by molar-refractivity contribution is 7.10. The zero-order chi connectivity index (χ0) is 23.4. The third-order valence-corrected chi connectivity index (χ3v) is 6.56. The minimum absolute atomic E-state index is 0.0657. The van der Waals surface area contributed by atoms with Crippen LogP contribution in [0, 0.1) is 5.92 Å². The van der Waals surface area contributed by atoms with Crippen LogP contribution in [0.4, 0.5) is 0 Å². The van der Waals surface area contributed by atoms with Crippen LogP contribution >= 0.6 is 11.3 Å². The number of benzene rings is 2. The average Bonchev–Trinajstić information content (AvgIpc) is 3.42. The molecule has 4 aromatic rings. The normalized spacial score (nSPS) is 12.6. The van der Waals surface area contributed by atoms with Crippen LogP contribution in [0.1, 0.15) is 31.2 Å². The lowest BCUT2D eigenvalue weighted by Gasteiger charge is -2.20. The molecule has 0 aliphatic heterocycles. The minimum Gasteiger partial charge on any atom is -0.344 e. The summed E-state index contributed by atoms with van der Waals surface area (Å²) in [5.74, 6) is -0.568. The Labute approximate surface area is 197 Å². The summed E-state index contributed by atoms with van der Waals surface area (Å²) in [6.07, 6.45) is 1.91. The average molecular weight is 461 g/mol. The van der Waals surface area contributed by atoms with Gasteiger partial charge in [-0.2, -0.15) is 5.10 Å². The van der Waals surface area contributed by atoms with E-state index in [1.54, 1.807) is 6.21 Å². The summed E-state index contributed by atoms with van der Waals surface area (Å²) in [7, 11) is 0. The van der Waals surface area contributed by atoms with Crippen LogP contribution in [0.25, 0.3) is 21.8 Å². The number of carbonyl (C=O) groups is 2. The summed E-state index contributed by atoms with van der Waals surface area (Å²) in [6.45, 7) is 6.83. The molecule has 2 heterocycles. The fraction of sp³-hybridized carbons (Fsp3) is 0.269. The SMILES string of the molecule is CCn1c2ccccc2c2cc(C=NNC(=O)[C@@H](NC(=O)Cc3cccs3)C(C)C)ccc21. The zero-order valence-electron chi connectivity index (χ0n) is 19.0. The van der Waals surface area contributed by atoms with Gasteiger partial charge in [-0.25, -0.2) is 5.43 Å². The lowest BCUT2D eigenvalue weighted by Crippen LogP contribution is -2.49. The van der Waals surface area contributed by atoms with Gasteiger partial charge >= 0.3 is 0 Å². The number of fused-ring (bicyclic) bond motifs is 3. The number of aromatic nitrogens is 1. The van der Waals surface area contributed by atoms with Crippen LogP contribution < -0.4 is 10.7 Å². The third kappa shape index (κ3) is 4.98. The van der Waals surface area contributed by atoms with Crippen LogP contribution in [-0.2, 0) is 22.6 Å². The zero-order valence-corrected chi connectivity index (χ0v) is 19.9. The second-order valence-electron chi connectivity index (χ2n) is 8.32. The van der Waals surface area contributed by atoms with E-state index in [0.717, 1.165) is 22.4 Å².